The number of carbonyl (C=O) groups is 3. The molecule has 2 aromatic rings. The highest BCUT2D eigenvalue weighted by Crippen LogP contribution is 2.38. The third-order valence-corrected chi connectivity index (χ3v) is 6.05. The maximum atomic E-state index is 13.1. The minimum atomic E-state index is -3.52. The molecule has 2 aromatic carbocycles. The van der Waals surface area contributed by atoms with Gasteiger partial charge in [0.2, 0.25) is 28.7 Å². The first-order chi connectivity index (χ1) is 19.3. The number of ether oxygens (including phenoxy) is 4. The van der Waals surface area contributed by atoms with Crippen molar-refractivity contribution >= 4 is 29.5 Å². The van der Waals surface area contributed by atoms with E-state index in [-0.39, 0.29) is 45.6 Å². The Kier molecular flexibility index (Phi) is 11.0. The fourth-order valence-electron chi connectivity index (χ4n) is 3.66. The van der Waals surface area contributed by atoms with E-state index in [1.54, 1.807) is 0 Å². The number of phenolic OH excluding ortho intramolecular Hbond substituents is 2. The van der Waals surface area contributed by atoms with Gasteiger partial charge in [-0.15, -0.1) is 0 Å². The Morgan fingerprint density at radius 1 is 0.732 bits per heavy atom. The van der Waals surface area contributed by atoms with E-state index in [0.717, 1.165) is 19.1 Å². The molecule has 0 spiro atoms. The molecule has 0 saturated heterocycles. The van der Waals surface area contributed by atoms with Gasteiger partial charge in [0.1, 0.15) is 12.2 Å². The average molecular weight is 577 g/mol. The van der Waals surface area contributed by atoms with Crippen molar-refractivity contribution in [2.24, 2.45) is 0 Å². The van der Waals surface area contributed by atoms with Crippen molar-refractivity contribution in [2.75, 3.05) is 28.4 Å². The second-order valence-electron chi connectivity index (χ2n) is 8.71. The van der Waals surface area contributed by atoms with Crippen molar-refractivity contribution in [3.05, 3.63) is 47.5 Å². The van der Waals surface area contributed by atoms with Gasteiger partial charge in [-0.2, -0.15) is 0 Å². The maximum absolute atomic E-state index is 13.1. The lowest BCUT2D eigenvalue weighted by atomic mass is 9.81. The molecule has 0 aliphatic carbocycles. The van der Waals surface area contributed by atoms with E-state index in [1.807, 2.05) is 0 Å². The molecule has 0 saturated carbocycles. The Morgan fingerprint density at radius 2 is 1.10 bits per heavy atom. The highest BCUT2D eigenvalue weighted by atomic mass is 16.5. The summed E-state index contributed by atoms with van der Waals surface area (Å²) >= 11 is 0. The molecule has 13 heteroatoms. The van der Waals surface area contributed by atoms with Gasteiger partial charge in [-0.25, -0.2) is 0 Å². The SMILES string of the molecule is COc1cc(/C=C/C(=O)C(=O)[C@@](O)(C(=O)/C=C/c2cc(OC)c(O)c(OC)c2)[C@H](O)[C@@H](O)[C@H](C)O)cc(OC)c1O. The first-order valence-corrected chi connectivity index (χ1v) is 11.9. The summed E-state index contributed by atoms with van der Waals surface area (Å²) in [7, 11) is 5.08. The van der Waals surface area contributed by atoms with Crippen molar-refractivity contribution < 1.29 is 64.0 Å². The number of ketones is 3. The first kappa shape index (κ1) is 32.8. The van der Waals surface area contributed by atoms with Gasteiger partial charge in [0.15, 0.2) is 28.8 Å². The van der Waals surface area contributed by atoms with Crippen LogP contribution in [-0.4, -0.2) is 100 Å². The highest BCUT2D eigenvalue weighted by Gasteiger charge is 2.54. The number of hydrogen-bond acceptors (Lipinski definition) is 13. The number of allylic oxidation sites excluding steroid dienone is 1. The summed E-state index contributed by atoms with van der Waals surface area (Å²) in [5.41, 5.74) is -3.12. The first-order valence-electron chi connectivity index (χ1n) is 11.9. The second kappa shape index (κ2) is 13.8. The van der Waals surface area contributed by atoms with Gasteiger partial charge in [0.25, 0.3) is 0 Å². The molecular weight excluding hydrogens is 544 g/mol. The minimum absolute atomic E-state index is 0.0161. The number of Topliss-reactive ketones (excluding diaryl/α,β-unsaturated/α-hetero) is 1. The maximum Gasteiger partial charge on any atom is 0.244 e. The van der Waals surface area contributed by atoms with E-state index in [4.69, 9.17) is 18.9 Å². The number of hydrogen-bond donors (Lipinski definition) is 6. The van der Waals surface area contributed by atoms with Gasteiger partial charge < -0.3 is 49.6 Å². The van der Waals surface area contributed by atoms with Gasteiger partial charge in [-0.3, -0.25) is 14.4 Å². The van der Waals surface area contributed by atoms with Crippen LogP contribution < -0.4 is 18.9 Å². The normalized spacial score (nSPS) is 15.1. The zero-order chi connectivity index (χ0) is 31.1. The van der Waals surface area contributed by atoms with Crippen LogP contribution in [0.2, 0.25) is 0 Å². The number of benzene rings is 2. The molecule has 0 radical (unpaired) electrons. The monoisotopic (exact) mass is 576 g/mol. The number of carbonyl (C=O) groups excluding carboxylic acids is 3. The summed E-state index contributed by atoms with van der Waals surface area (Å²) in [6.07, 6.45) is -3.03. The van der Waals surface area contributed by atoms with E-state index in [2.05, 4.69) is 0 Å². The summed E-state index contributed by atoms with van der Waals surface area (Å²) in [5, 5.41) is 61.7. The molecule has 6 N–H and O–H groups in total. The summed E-state index contributed by atoms with van der Waals surface area (Å²) in [6, 6.07) is 5.19. The van der Waals surface area contributed by atoms with E-state index in [9.17, 15) is 45.0 Å². The zero-order valence-electron chi connectivity index (χ0n) is 22.9. The molecule has 0 amide bonds. The van der Waals surface area contributed by atoms with Crippen molar-refractivity contribution in [1.82, 2.24) is 0 Å². The molecule has 2 rings (SSSR count). The van der Waals surface area contributed by atoms with Crippen LogP contribution >= 0.6 is 0 Å². The number of phenols is 2. The van der Waals surface area contributed by atoms with Crippen LogP contribution in [0.5, 0.6) is 34.5 Å². The summed E-state index contributed by atoms with van der Waals surface area (Å²) in [4.78, 5) is 39.1. The Hall–Kier alpha value is -4.43. The molecule has 0 bridgehead atoms. The zero-order valence-corrected chi connectivity index (χ0v) is 22.9. The summed E-state index contributed by atoms with van der Waals surface area (Å²) < 4.78 is 20.1. The molecule has 0 unspecified atom stereocenters. The lowest BCUT2D eigenvalue weighted by Gasteiger charge is -2.32. The largest absolute Gasteiger partial charge is 0.502 e. The molecule has 0 fully saturated rings. The van der Waals surface area contributed by atoms with E-state index in [1.165, 1.54) is 52.7 Å². The van der Waals surface area contributed by atoms with Gasteiger partial charge in [-0.1, -0.05) is 12.2 Å². The average Bonchev–Trinajstić information content (AvgIpc) is 2.97. The Balaban J connectivity index is 2.50. The molecular formula is C28H32O13. The molecule has 0 aliphatic heterocycles. The molecule has 13 nitrogen and oxygen atoms in total. The van der Waals surface area contributed by atoms with Crippen LogP contribution in [-0.2, 0) is 14.4 Å². The quantitative estimate of drug-likeness (QED) is 0.102. The summed E-state index contributed by atoms with van der Waals surface area (Å²) in [6.45, 7) is 1.03. The van der Waals surface area contributed by atoms with Crippen LogP contribution in [0.25, 0.3) is 12.2 Å². The van der Waals surface area contributed by atoms with E-state index >= 15 is 0 Å². The molecule has 4 atom stereocenters. The van der Waals surface area contributed by atoms with Crippen molar-refractivity contribution in [3.63, 3.8) is 0 Å². The lowest BCUT2D eigenvalue weighted by molar-refractivity contribution is -0.177. The van der Waals surface area contributed by atoms with Crippen LogP contribution in [0.3, 0.4) is 0 Å². The third kappa shape index (κ3) is 7.02. The third-order valence-electron chi connectivity index (χ3n) is 6.05. The molecule has 0 aromatic heterocycles. The number of methoxy groups -OCH3 is 4. The van der Waals surface area contributed by atoms with Crippen molar-refractivity contribution in [2.45, 2.75) is 30.8 Å². The number of aromatic hydroxyl groups is 2. The predicted octanol–water partition coefficient (Wildman–Crippen LogP) is 0.400. The number of aliphatic hydroxyl groups excluding tert-OH is 3. The topological polar surface area (TPSA) is 210 Å². The predicted molar refractivity (Wildman–Crippen MR) is 144 cm³/mol. The van der Waals surface area contributed by atoms with Crippen LogP contribution in [0.15, 0.2) is 36.4 Å². The van der Waals surface area contributed by atoms with Crippen LogP contribution in [0.1, 0.15) is 18.1 Å². The van der Waals surface area contributed by atoms with E-state index in [0.29, 0.717) is 12.2 Å². The summed E-state index contributed by atoms with van der Waals surface area (Å²) in [5.74, 6) is -5.52. The fraction of sp³-hybridized carbons (Fsp3) is 0.321. The number of aliphatic hydroxyl groups is 4. The van der Waals surface area contributed by atoms with E-state index < -0.39 is 41.3 Å². The Labute approximate surface area is 235 Å². The van der Waals surface area contributed by atoms with Crippen molar-refractivity contribution in [1.29, 1.82) is 0 Å². The van der Waals surface area contributed by atoms with Crippen LogP contribution in [0.4, 0.5) is 0 Å². The highest BCUT2D eigenvalue weighted by molar-refractivity contribution is 6.49. The molecule has 0 aliphatic rings. The Bertz CT molecular complexity index is 1290. The standard InChI is InChI=1S/C28H32O13/c1-14(29)23(32)27(36)28(37,22(31)9-7-16-12-20(40-4)25(34)21(13-16)41-5)26(35)17(30)8-6-15-10-18(38-2)24(33)19(11-15)39-3/h6-14,23,27,29,32-34,36-37H,1-5H3/b8-6+,9-7+/t14-,23-,27+,28-/m0/s1. The smallest absolute Gasteiger partial charge is 0.244 e. The van der Waals surface area contributed by atoms with Gasteiger partial charge >= 0.3 is 0 Å². The van der Waals surface area contributed by atoms with Gasteiger partial charge in [0, 0.05) is 0 Å². The van der Waals surface area contributed by atoms with Gasteiger partial charge in [0.05, 0.1) is 34.5 Å². The fourth-order valence-corrected chi connectivity index (χ4v) is 3.66. The second-order valence-corrected chi connectivity index (χ2v) is 8.71. The molecule has 222 valence electrons. The minimum Gasteiger partial charge on any atom is -0.502 e. The number of rotatable bonds is 14. The lowest BCUT2D eigenvalue weighted by Crippen LogP contribution is -2.62. The molecule has 41 heavy (non-hydrogen) atoms. The van der Waals surface area contributed by atoms with Crippen LogP contribution in [0, 0.1) is 0 Å². The van der Waals surface area contributed by atoms with Gasteiger partial charge in [-0.05, 0) is 54.5 Å². The van der Waals surface area contributed by atoms with Crippen molar-refractivity contribution in [3.8, 4) is 34.5 Å². The molecule has 0 heterocycles. The Morgan fingerprint density at radius 3 is 1.44 bits per heavy atom.